The van der Waals surface area contributed by atoms with Gasteiger partial charge in [0.25, 0.3) is 5.91 Å². The second kappa shape index (κ2) is 8.12. The van der Waals surface area contributed by atoms with Gasteiger partial charge in [-0.3, -0.25) is 4.79 Å². The smallest absolute Gasteiger partial charge is 0.433 e. The Morgan fingerprint density at radius 2 is 1.82 bits per heavy atom. The molecule has 33 heavy (non-hydrogen) atoms. The summed E-state index contributed by atoms with van der Waals surface area (Å²) in [6.45, 7) is 0.315. The molecule has 2 aromatic heterocycles. The van der Waals surface area contributed by atoms with Crippen LogP contribution < -0.4 is 14.8 Å². The average molecular weight is 454 g/mol. The summed E-state index contributed by atoms with van der Waals surface area (Å²) in [5.74, 6) is 0.557. The first kappa shape index (κ1) is 20.8. The van der Waals surface area contributed by atoms with E-state index in [0.717, 1.165) is 12.3 Å². The van der Waals surface area contributed by atoms with Crippen molar-refractivity contribution in [2.24, 2.45) is 0 Å². The molecule has 1 aliphatic heterocycles. The van der Waals surface area contributed by atoms with Crippen molar-refractivity contribution in [3.05, 3.63) is 78.1 Å². The third-order valence-electron chi connectivity index (χ3n) is 5.13. The van der Waals surface area contributed by atoms with Gasteiger partial charge in [-0.15, -0.1) is 0 Å². The minimum atomic E-state index is -4.69. The largest absolute Gasteiger partial charge is 0.486 e. The van der Waals surface area contributed by atoms with Gasteiger partial charge in [0.15, 0.2) is 22.8 Å². The molecule has 7 nitrogen and oxygen atoms in total. The van der Waals surface area contributed by atoms with Crippen LogP contribution >= 0.6 is 0 Å². The van der Waals surface area contributed by atoms with Gasteiger partial charge in [-0.1, -0.05) is 42.5 Å². The Balaban J connectivity index is 1.43. The predicted molar refractivity (Wildman–Crippen MR) is 112 cm³/mol. The Kier molecular flexibility index (Phi) is 5.12. The van der Waals surface area contributed by atoms with Crippen LogP contribution in [0.2, 0.25) is 0 Å². The van der Waals surface area contributed by atoms with E-state index in [9.17, 15) is 18.0 Å². The van der Waals surface area contributed by atoms with Crippen LogP contribution in [-0.2, 0) is 6.18 Å². The van der Waals surface area contributed by atoms with E-state index in [0.29, 0.717) is 21.6 Å². The number of benzene rings is 2. The molecular formula is C23H17F3N4O3. The number of fused-ring (bicyclic) bond motifs is 2. The van der Waals surface area contributed by atoms with Crippen LogP contribution in [0.25, 0.3) is 16.9 Å². The van der Waals surface area contributed by atoms with Crippen LogP contribution in [0.4, 0.5) is 13.2 Å². The Morgan fingerprint density at radius 1 is 1.09 bits per heavy atom. The molecule has 1 atom stereocenters. The fourth-order valence-corrected chi connectivity index (χ4v) is 3.55. The monoisotopic (exact) mass is 454 g/mol. The molecule has 0 saturated heterocycles. The normalized spacial score (nSPS) is 15.4. The Bertz CT molecular complexity index is 1320. The standard InChI is InChI=1S/C23H17F3N4O3/c24-23(25,26)20-10-17(14-6-2-1-3-7-14)29-21-16(12-28-30(20)21)22(31)27-11-15-13-32-18-8-4-5-9-19(18)33-15/h1-10,12,15H,11,13H2,(H,27,31)/t15-/m1/s1. The lowest BCUT2D eigenvalue weighted by Crippen LogP contribution is -2.40. The predicted octanol–water partition coefficient (Wildman–Crippen LogP) is 3.98. The van der Waals surface area contributed by atoms with E-state index in [-0.39, 0.29) is 30.1 Å². The molecule has 3 heterocycles. The van der Waals surface area contributed by atoms with Crippen molar-refractivity contribution in [1.82, 2.24) is 19.9 Å². The SMILES string of the molecule is O=C(NC[C@@H]1COc2ccccc2O1)c1cnn2c(C(F)(F)F)cc(-c3ccccc3)nc12. The lowest BCUT2D eigenvalue weighted by molar-refractivity contribution is -0.142. The highest BCUT2D eigenvalue weighted by atomic mass is 19.4. The molecule has 1 aliphatic rings. The highest BCUT2D eigenvalue weighted by Crippen LogP contribution is 2.33. The minimum Gasteiger partial charge on any atom is -0.486 e. The van der Waals surface area contributed by atoms with Gasteiger partial charge in [0.2, 0.25) is 0 Å². The number of rotatable bonds is 4. The number of aromatic nitrogens is 3. The van der Waals surface area contributed by atoms with Gasteiger partial charge in [0.05, 0.1) is 18.4 Å². The van der Waals surface area contributed by atoms with Gasteiger partial charge in [-0.25, -0.2) is 9.50 Å². The quantitative estimate of drug-likeness (QED) is 0.505. The molecular weight excluding hydrogens is 437 g/mol. The summed E-state index contributed by atoms with van der Waals surface area (Å²) in [4.78, 5) is 17.1. The molecule has 0 bridgehead atoms. The van der Waals surface area contributed by atoms with Gasteiger partial charge in [0, 0.05) is 5.56 Å². The Morgan fingerprint density at radius 3 is 2.58 bits per heavy atom. The maximum Gasteiger partial charge on any atom is 0.433 e. The van der Waals surface area contributed by atoms with Crippen LogP contribution in [0.3, 0.4) is 0 Å². The molecule has 0 fully saturated rings. The molecule has 1 amide bonds. The van der Waals surface area contributed by atoms with Crippen LogP contribution in [-0.4, -0.2) is 39.8 Å². The summed E-state index contributed by atoms with van der Waals surface area (Å²) in [5.41, 5.74) is -0.705. The van der Waals surface area contributed by atoms with E-state index in [1.54, 1.807) is 48.5 Å². The maximum atomic E-state index is 13.7. The van der Waals surface area contributed by atoms with Gasteiger partial charge in [-0.2, -0.15) is 18.3 Å². The fourth-order valence-electron chi connectivity index (χ4n) is 3.55. The van der Waals surface area contributed by atoms with Crippen LogP contribution in [0.1, 0.15) is 16.1 Å². The number of amides is 1. The molecule has 168 valence electrons. The van der Waals surface area contributed by atoms with Gasteiger partial charge < -0.3 is 14.8 Å². The van der Waals surface area contributed by atoms with Crippen LogP contribution in [0.15, 0.2) is 66.9 Å². The molecule has 5 rings (SSSR count). The molecule has 0 radical (unpaired) electrons. The Labute approximate surface area is 185 Å². The van der Waals surface area contributed by atoms with E-state index in [4.69, 9.17) is 9.47 Å². The van der Waals surface area contributed by atoms with E-state index < -0.39 is 23.9 Å². The molecule has 0 saturated carbocycles. The number of nitrogens with one attached hydrogen (secondary N) is 1. The highest BCUT2D eigenvalue weighted by Gasteiger charge is 2.36. The Hall–Kier alpha value is -4.08. The number of para-hydroxylation sites is 2. The van der Waals surface area contributed by atoms with Crippen molar-refractivity contribution < 1.29 is 27.4 Å². The molecule has 0 aliphatic carbocycles. The van der Waals surface area contributed by atoms with E-state index in [1.165, 1.54) is 0 Å². The first-order valence-electron chi connectivity index (χ1n) is 10.1. The lowest BCUT2D eigenvalue weighted by atomic mass is 10.1. The summed E-state index contributed by atoms with van der Waals surface area (Å²) < 4.78 is 53.2. The number of carbonyl (C=O) groups is 1. The topological polar surface area (TPSA) is 77.8 Å². The zero-order valence-electron chi connectivity index (χ0n) is 17.0. The number of alkyl halides is 3. The van der Waals surface area contributed by atoms with Crippen molar-refractivity contribution in [2.75, 3.05) is 13.2 Å². The molecule has 2 aromatic carbocycles. The minimum absolute atomic E-state index is 0.0737. The van der Waals surface area contributed by atoms with Gasteiger partial charge in [0.1, 0.15) is 18.3 Å². The summed E-state index contributed by atoms with van der Waals surface area (Å²) in [6, 6.07) is 16.5. The first-order chi connectivity index (χ1) is 15.9. The van der Waals surface area contributed by atoms with Crippen molar-refractivity contribution in [3.63, 3.8) is 0 Å². The molecule has 10 heteroatoms. The number of hydrogen-bond acceptors (Lipinski definition) is 5. The molecule has 1 N–H and O–H groups in total. The third kappa shape index (κ3) is 4.07. The fraction of sp³-hybridized carbons (Fsp3) is 0.174. The van der Waals surface area contributed by atoms with Gasteiger partial charge in [-0.05, 0) is 18.2 Å². The highest BCUT2D eigenvalue weighted by molar-refractivity contribution is 5.99. The van der Waals surface area contributed by atoms with E-state index in [1.807, 2.05) is 6.07 Å². The second-order valence-corrected chi connectivity index (χ2v) is 7.39. The van der Waals surface area contributed by atoms with E-state index in [2.05, 4.69) is 15.4 Å². The number of halogens is 3. The summed E-state index contributed by atoms with van der Waals surface area (Å²) in [7, 11) is 0. The second-order valence-electron chi connectivity index (χ2n) is 7.39. The van der Waals surface area contributed by atoms with Crippen molar-refractivity contribution >= 4 is 11.6 Å². The summed E-state index contributed by atoms with van der Waals surface area (Å²) in [5, 5.41) is 6.46. The van der Waals surface area contributed by atoms with Crippen molar-refractivity contribution in [3.8, 4) is 22.8 Å². The number of carbonyl (C=O) groups excluding carboxylic acids is 1. The number of hydrogen-bond donors (Lipinski definition) is 1. The zero-order valence-corrected chi connectivity index (χ0v) is 17.0. The van der Waals surface area contributed by atoms with Crippen molar-refractivity contribution in [1.29, 1.82) is 0 Å². The lowest BCUT2D eigenvalue weighted by Gasteiger charge is -2.26. The van der Waals surface area contributed by atoms with Gasteiger partial charge >= 0.3 is 6.18 Å². The molecule has 4 aromatic rings. The summed E-state index contributed by atoms with van der Waals surface area (Å²) >= 11 is 0. The average Bonchev–Trinajstić information content (AvgIpc) is 3.26. The third-order valence-corrected chi connectivity index (χ3v) is 5.13. The van der Waals surface area contributed by atoms with Crippen LogP contribution in [0.5, 0.6) is 11.5 Å². The number of nitrogens with zero attached hydrogens (tertiary/aromatic N) is 3. The van der Waals surface area contributed by atoms with Crippen molar-refractivity contribution in [2.45, 2.75) is 12.3 Å². The maximum absolute atomic E-state index is 13.7. The first-order valence-corrected chi connectivity index (χ1v) is 10.1. The zero-order chi connectivity index (χ0) is 23.0. The molecule has 0 unspecified atom stereocenters. The molecule has 0 spiro atoms. The van der Waals surface area contributed by atoms with E-state index >= 15 is 0 Å². The summed E-state index contributed by atoms with van der Waals surface area (Å²) in [6.07, 6.45) is -4.07. The number of ether oxygens (including phenoxy) is 2. The van der Waals surface area contributed by atoms with Crippen LogP contribution in [0, 0.1) is 0 Å².